The van der Waals surface area contributed by atoms with Crippen molar-refractivity contribution in [2.24, 2.45) is 0 Å². The lowest BCUT2D eigenvalue weighted by molar-refractivity contribution is -0.167. The molecule has 1 atom stereocenters. The van der Waals surface area contributed by atoms with Crippen LogP contribution >= 0.6 is 0 Å². The van der Waals surface area contributed by atoms with Gasteiger partial charge in [-0.1, -0.05) is 316 Å². The summed E-state index contributed by atoms with van der Waals surface area (Å²) < 4.78 is 16.9. The molecule has 82 heavy (non-hydrogen) atoms. The first-order chi connectivity index (χ1) is 40.5. The smallest absolute Gasteiger partial charge is 0.306 e. The first kappa shape index (κ1) is 78.1. The Labute approximate surface area is 508 Å². The second-order valence-corrected chi connectivity index (χ2v) is 23.1. The summed E-state index contributed by atoms with van der Waals surface area (Å²) in [5.74, 6) is -0.935. The van der Waals surface area contributed by atoms with Crippen LogP contribution in [0.5, 0.6) is 0 Å². The lowest BCUT2D eigenvalue weighted by Crippen LogP contribution is -2.30. The molecule has 0 radical (unpaired) electrons. The van der Waals surface area contributed by atoms with Crippen LogP contribution in [0.2, 0.25) is 0 Å². The molecule has 0 saturated carbocycles. The van der Waals surface area contributed by atoms with Gasteiger partial charge in [-0.05, 0) is 109 Å². The van der Waals surface area contributed by atoms with Gasteiger partial charge in [0.25, 0.3) is 0 Å². The number of esters is 3. The van der Waals surface area contributed by atoms with Crippen LogP contribution in [0.25, 0.3) is 0 Å². The van der Waals surface area contributed by atoms with Gasteiger partial charge in [-0.3, -0.25) is 14.4 Å². The zero-order valence-electron chi connectivity index (χ0n) is 54.0. The van der Waals surface area contributed by atoms with E-state index >= 15 is 0 Å². The average Bonchev–Trinajstić information content (AvgIpc) is 3.47. The molecule has 0 N–H and O–H groups in total. The molecular weight excluding hydrogens is 1010 g/mol. The molecule has 0 heterocycles. The summed E-state index contributed by atoms with van der Waals surface area (Å²) in [5.41, 5.74) is 0. The molecule has 0 amide bonds. The fraction of sp³-hybridized carbons (Fsp3) is 0.724. The summed E-state index contributed by atoms with van der Waals surface area (Å²) in [6.07, 6.45) is 95.5. The number of hydrogen-bond donors (Lipinski definition) is 0. The second-order valence-electron chi connectivity index (χ2n) is 23.1. The third kappa shape index (κ3) is 66.9. The number of rotatable bonds is 63. The minimum atomic E-state index is -0.801. The molecule has 0 aromatic rings. The van der Waals surface area contributed by atoms with Crippen molar-refractivity contribution in [3.63, 3.8) is 0 Å². The van der Waals surface area contributed by atoms with E-state index in [1.165, 1.54) is 180 Å². The Hall–Kier alpha value is -3.93. The highest BCUT2D eigenvalue weighted by Gasteiger charge is 2.19. The van der Waals surface area contributed by atoms with Crippen LogP contribution in [0, 0.1) is 0 Å². The molecule has 6 heteroatoms. The first-order valence-electron chi connectivity index (χ1n) is 34.9. The Bertz CT molecular complexity index is 1640. The van der Waals surface area contributed by atoms with Crippen molar-refractivity contribution in [2.75, 3.05) is 13.2 Å². The van der Waals surface area contributed by atoms with Crippen LogP contribution in [0.1, 0.15) is 335 Å². The van der Waals surface area contributed by atoms with Gasteiger partial charge in [0, 0.05) is 19.3 Å². The van der Waals surface area contributed by atoms with Crippen LogP contribution in [-0.2, 0) is 28.6 Å². The Morgan fingerprint density at radius 3 is 0.793 bits per heavy atom. The molecule has 0 rings (SSSR count). The van der Waals surface area contributed by atoms with Gasteiger partial charge in [0.05, 0.1) is 0 Å². The molecular formula is C76H130O6. The topological polar surface area (TPSA) is 78.9 Å². The van der Waals surface area contributed by atoms with Gasteiger partial charge in [-0.25, -0.2) is 0 Å². The molecule has 1 unspecified atom stereocenters. The van der Waals surface area contributed by atoms with Crippen molar-refractivity contribution < 1.29 is 28.6 Å². The van der Waals surface area contributed by atoms with Gasteiger partial charge in [-0.2, -0.15) is 0 Å². The number of hydrogen-bond acceptors (Lipinski definition) is 6. The van der Waals surface area contributed by atoms with E-state index in [0.717, 1.165) is 116 Å². The summed E-state index contributed by atoms with van der Waals surface area (Å²) in [4.78, 5) is 38.4. The van der Waals surface area contributed by atoms with Crippen molar-refractivity contribution >= 4 is 17.9 Å². The minimum Gasteiger partial charge on any atom is -0.462 e. The van der Waals surface area contributed by atoms with E-state index in [0.29, 0.717) is 19.3 Å². The fourth-order valence-corrected chi connectivity index (χ4v) is 9.81. The average molecular weight is 1140 g/mol. The number of unbranched alkanes of at least 4 members (excludes halogenated alkanes) is 34. The maximum absolute atomic E-state index is 13.0. The summed E-state index contributed by atoms with van der Waals surface area (Å²) in [6.45, 7) is 6.51. The highest BCUT2D eigenvalue weighted by molar-refractivity contribution is 5.71. The van der Waals surface area contributed by atoms with Crippen molar-refractivity contribution in [1.82, 2.24) is 0 Å². The van der Waals surface area contributed by atoms with Crippen molar-refractivity contribution in [3.8, 4) is 0 Å². The quantitative estimate of drug-likeness (QED) is 0.0261. The molecule has 0 aromatic heterocycles. The van der Waals surface area contributed by atoms with Crippen molar-refractivity contribution in [1.29, 1.82) is 0 Å². The number of carbonyl (C=O) groups excluding carboxylic acids is 3. The summed E-state index contributed by atoms with van der Waals surface area (Å²) in [7, 11) is 0. The molecule has 0 aliphatic carbocycles. The second kappa shape index (κ2) is 69.6. The highest BCUT2D eigenvalue weighted by Crippen LogP contribution is 2.17. The highest BCUT2D eigenvalue weighted by atomic mass is 16.6. The standard InChI is InChI=1S/C76H130O6/c1-4-7-10-13-16-19-22-25-27-29-31-33-35-37-38-39-41-42-44-46-48-51-54-57-60-63-66-69-75(78)81-72-73(71-80-74(77)68-65-62-59-56-53-50-24-21-18-15-12-9-6-3)82-76(79)70-67-64-61-58-55-52-49-47-45-43-40-36-34-32-30-28-26-23-20-17-14-11-8-5-2/h7,10,16,19,21,24-25,27,31,33,37-38,41-42,46,48,54,57,73H,4-6,8-9,11-15,17-18,20,22-23,26,28-30,32,34-36,39-40,43-45,47,49-53,55-56,58-72H2,1-3H3/b10-7-,19-16-,24-21-,27-25-,33-31-,38-37-,42-41-,48-46-,57-54-. The lowest BCUT2D eigenvalue weighted by atomic mass is 10.0. The van der Waals surface area contributed by atoms with Crippen molar-refractivity contribution in [2.45, 2.75) is 341 Å². The molecule has 0 aromatic carbocycles. The largest absolute Gasteiger partial charge is 0.462 e. The van der Waals surface area contributed by atoms with Crippen molar-refractivity contribution in [3.05, 3.63) is 109 Å². The summed E-state index contributed by atoms with van der Waals surface area (Å²) in [5, 5.41) is 0. The van der Waals surface area contributed by atoms with Gasteiger partial charge in [-0.15, -0.1) is 0 Å². The molecule has 0 bridgehead atoms. The van der Waals surface area contributed by atoms with Crippen LogP contribution < -0.4 is 0 Å². The lowest BCUT2D eigenvalue weighted by Gasteiger charge is -2.18. The van der Waals surface area contributed by atoms with Gasteiger partial charge < -0.3 is 14.2 Å². The van der Waals surface area contributed by atoms with E-state index in [1.807, 2.05) is 0 Å². The Kier molecular flexibility index (Phi) is 66.2. The zero-order chi connectivity index (χ0) is 59.2. The Morgan fingerprint density at radius 2 is 0.476 bits per heavy atom. The molecule has 0 spiro atoms. The summed E-state index contributed by atoms with van der Waals surface area (Å²) >= 11 is 0. The first-order valence-corrected chi connectivity index (χ1v) is 34.9. The number of ether oxygens (including phenoxy) is 3. The van der Waals surface area contributed by atoms with Crippen LogP contribution in [0.4, 0.5) is 0 Å². The van der Waals surface area contributed by atoms with E-state index in [1.54, 1.807) is 0 Å². The van der Waals surface area contributed by atoms with Gasteiger partial charge in [0.15, 0.2) is 6.10 Å². The van der Waals surface area contributed by atoms with E-state index in [2.05, 4.69) is 130 Å². The third-order valence-corrected chi connectivity index (χ3v) is 15.0. The van der Waals surface area contributed by atoms with E-state index < -0.39 is 6.10 Å². The third-order valence-electron chi connectivity index (χ3n) is 15.0. The monoisotopic (exact) mass is 1140 g/mol. The SMILES string of the molecule is CC/C=C\C/C=C\C/C=C\C/C=C\C/C=C\C/C=C\C/C=C\C/C=C\CCCCC(=O)OCC(COC(=O)CCCCCCC/C=C\CCCCCC)OC(=O)CCCCCCCCCCCCCCCCCCCCCCCCCC. The predicted molar refractivity (Wildman–Crippen MR) is 357 cm³/mol. The summed E-state index contributed by atoms with van der Waals surface area (Å²) in [6, 6.07) is 0. The maximum atomic E-state index is 13.0. The van der Waals surface area contributed by atoms with Crippen LogP contribution in [0.15, 0.2) is 109 Å². The molecule has 0 saturated heterocycles. The fourth-order valence-electron chi connectivity index (χ4n) is 9.81. The van der Waals surface area contributed by atoms with E-state index in [9.17, 15) is 14.4 Å². The molecule has 6 nitrogen and oxygen atoms in total. The van der Waals surface area contributed by atoms with E-state index in [4.69, 9.17) is 14.2 Å². The van der Waals surface area contributed by atoms with Crippen LogP contribution in [0.3, 0.4) is 0 Å². The van der Waals surface area contributed by atoms with E-state index in [-0.39, 0.29) is 31.1 Å². The number of allylic oxidation sites excluding steroid dienone is 18. The predicted octanol–water partition coefficient (Wildman–Crippen LogP) is 24.2. The minimum absolute atomic E-state index is 0.0945. The van der Waals surface area contributed by atoms with Gasteiger partial charge >= 0.3 is 17.9 Å². The van der Waals surface area contributed by atoms with Gasteiger partial charge in [0.2, 0.25) is 0 Å². The molecule has 0 aliphatic heterocycles. The molecule has 470 valence electrons. The Balaban J connectivity index is 4.38. The molecule has 0 aliphatic rings. The maximum Gasteiger partial charge on any atom is 0.306 e. The van der Waals surface area contributed by atoms with Crippen LogP contribution in [-0.4, -0.2) is 37.2 Å². The van der Waals surface area contributed by atoms with Gasteiger partial charge in [0.1, 0.15) is 13.2 Å². The Morgan fingerprint density at radius 1 is 0.256 bits per heavy atom. The molecule has 0 fully saturated rings. The normalized spacial score (nSPS) is 12.8. The zero-order valence-corrected chi connectivity index (χ0v) is 54.0. The number of carbonyl (C=O) groups is 3.